The highest BCUT2D eigenvalue weighted by Gasteiger charge is 2.16. The Bertz CT molecular complexity index is 887. The molecular formula is C13H3B5BrN3. The lowest BCUT2D eigenvalue weighted by atomic mass is 9.60. The summed E-state index contributed by atoms with van der Waals surface area (Å²) in [6.07, 6.45) is 1.63. The van der Waals surface area contributed by atoms with E-state index in [2.05, 4.69) is 30.9 Å². The standard InChI is InChI=1S/C13H3B5BrN3/c14-6-5(7(15)9(17)10(18)8(6)16)11-4-2-1-3-20-12(4)22-13(19)21-11/h1-3H. The van der Waals surface area contributed by atoms with Crippen LogP contribution in [-0.2, 0) is 0 Å². The zero-order valence-corrected chi connectivity index (χ0v) is 12.9. The molecule has 0 aliphatic carbocycles. The number of hydrogen-bond donors (Lipinski definition) is 0. The monoisotopic (exact) mass is 335 g/mol. The predicted octanol–water partition coefficient (Wildman–Crippen LogP) is -2.58. The van der Waals surface area contributed by atoms with E-state index in [1.165, 1.54) is 0 Å². The van der Waals surface area contributed by atoms with Crippen LogP contribution in [0.5, 0.6) is 0 Å². The summed E-state index contributed by atoms with van der Waals surface area (Å²) in [5.74, 6) is 0. The van der Waals surface area contributed by atoms with Gasteiger partial charge in [-0.2, -0.15) is 0 Å². The van der Waals surface area contributed by atoms with Crippen LogP contribution in [-0.4, -0.2) is 54.2 Å². The smallest absolute Gasteiger partial charge is 0.199 e. The van der Waals surface area contributed by atoms with Crippen LogP contribution in [0.2, 0.25) is 0 Å². The van der Waals surface area contributed by atoms with Crippen LogP contribution in [0.3, 0.4) is 0 Å². The van der Waals surface area contributed by atoms with Gasteiger partial charge in [0.15, 0.2) is 10.4 Å². The van der Waals surface area contributed by atoms with Gasteiger partial charge < -0.3 is 0 Å². The van der Waals surface area contributed by atoms with Gasteiger partial charge in [0.05, 0.1) is 5.69 Å². The van der Waals surface area contributed by atoms with Crippen molar-refractivity contribution in [1.82, 2.24) is 15.0 Å². The third-order valence-corrected chi connectivity index (χ3v) is 3.73. The number of hydrogen-bond acceptors (Lipinski definition) is 3. The second kappa shape index (κ2) is 5.62. The molecule has 0 aliphatic heterocycles. The fourth-order valence-electron chi connectivity index (χ4n) is 2.23. The highest BCUT2D eigenvalue weighted by Crippen LogP contribution is 2.23. The molecule has 0 fully saturated rings. The number of rotatable bonds is 1. The zero-order valence-electron chi connectivity index (χ0n) is 11.3. The third kappa shape index (κ3) is 2.32. The highest BCUT2D eigenvalue weighted by atomic mass is 79.9. The summed E-state index contributed by atoms with van der Waals surface area (Å²) in [5.41, 5.74) is 2.35. The Morgan fingerprint density at radius 3 is 2.05 bits per heavy atom. The molecule has 92 valence electrons. The molecule has 10 radical (unpaired) electrons. The van der Waals surface area contributed by atoms with Crippen molar-refractivity contribution in [1.29, 1.82) is 0 Å². The number of fused-ring (bicyclic) bond motifs is 1. The van der Waals surface area contributed by atoms with E-state index in [9.17, 15) is 0 Å². The van der Waals surface area contributed by atoms with E-state index < -0.39 is 0 Å². The summed E-state index contributed by atoms with van der Waals surface area (Å²) in [5, 5.41) is 0.674. The third-order valence-electron chi connectivity index (χ3n) is 3.38. The molecule has 0 N–H and O–H groups in total. The first-order valence-corrected chi connectivity index (χ1v) is 7.01. The summed E-state index contributed by atoms with van der Waals surface area (Å²) in [6, 6.07) is 3.57. The van der Waals surface area contributed by atoms with E-state index in [0.29, 0.717) is 27.0 Å². The summed E-state index contributed by atoms with van der Waals surface area (Å²) >= 11 is 3.25. The average molecular weight is 335 g/mol. The predicted molar refractivity (Wildman–Crippen MR) is 97.4 cm³/mol. The van der Waals surface area contributed by atoms with E-state index in [0.717, 1.165) is 0 Å². The van der Waals surface area contributed by atoms with Crippen LogP contribution >= 0.6 is 15.9 Å². The molecule has 0 bridgehead atoms. The molecule has 0 spiro atoms. The first-order chi connectivity index (χ1) is 10.4. The van der Waals surface area contributed by atoms with E-state index in [1.54, 1.807) is 12.3 Å². The number of nitrogens with zero attached hydrogens (tertiary/aromatic N) is 3. The van der Waals surface area contributed by atoms with E-state index in [4.69, 9.17) is 39.2 Å². The van der Waals surface area contributed by atoms with Crippen LogP contribution in [0.1, 0.15) is 0 Å². The van der Waals surface area contributed by atoms with Crippen molar-refractivity contribution in [2.75, 3.05) is 0 Å². The van der Waals surface area contributed by atoms with E-state index in [-0.39, 0.29) is 27.3 Å². The highest BCUT2D eigenvalue weighted by molar-refractivity contribution is 9.10. The molecule has 0 unspecified atom stereocenters. The van der Waals surface area contributed by atoms with Crippen LogP contribution in [0.4, 0.5) is 0 Å². The molecule has 9 heteroatoms. The number of aromatic nitrogens is 3. The Labute approximate surface area is 142 Å². The van der Waals surface area contributed by atoms with Gasteiger partial charge in [-0.15, -0.1) is 16.4 Å². The normalized spacial score (nSPS) is 11.0. The first-order valence-electron chi connectivity index (χ1n) is 6.21. The molecule has 0 atom stereocenters. The van der Waals surface area contributed by atoms with Crippen molar-refractivity contribution in [2.45, 2.75) is 0 Å². The van der Waals surface area contributed by atoms with Crippen molar-refractivity contribution in [3.8, 4) is 11.3 Å². The minimum absolute atomic E-state index is 0.161. The van der Waals surface area contributed by atoms with Gasteiger partial charge in [-0.25, -0.2) is 15.0 Å². The van der Waals surface area contributed by atoms with Gasteiger partial charge in [-0.1, -0.05) is 10.9 Å². The maximum Gasteiger partial charge on any atom is 0.199 e. The van der Waals surface area contributed by atoms with Gasteiger partial charge in [-0.05, 0) is 33.6 Å². The molecule has 0 saturated heterocycles. The Morgan fingerprint density at radius 2 is 1.41 bits per heavy atom. The SMILES string of the molecule is [B]c1c([B])c([B])c(-c2nc(Br)nc3ncccc23)c([B])c1[B]. The molecule has 0 aliphatic rings. The van der Waals surface area contributed by atoms with Crippen LogP contribution in [0.15, 0.2) is 23.1 Å². The molecule has 3 rings (SSSR count). The molecule has 0 amide bonds. The van der Waals surface area contributed by atoms with Gasteiger partial charge in [-0.3, -0.25) is 0 Å². The van der Waals surface area contributed by atoms with Gasteiger partial charge in [0, 0.05) is 11.6 Å². The summed E-state index contributed by atoms with van der Waals surface area (Å²) in [6.45, 7) is 0. The minimum Gasteiger partial charge on any atom is -0.236 e. The molecule has 3 nitrogen and oxygen atoms in total. The number of halogens is 1. The van der Waals surface area contributed by atoms with Crippen molar-refractivity contribution < 1.29 is 0 Å². The molecule has 0 saturated carbocycles. The topological polar surface area (TPSA) is 38.7 Å². The summed E-state index contributed by atoms with van der Waals surface area (Å²) in [7, 11) is 29.8. The Balaban J connectivity index is 2.48. The summed E-state index contributed by atoms with van der Waals surface area (Å²) < 4.78 is 0.349. The van der Waals surface area contributed by atoms with Gasteiger partial charge >= 0.3 is 0 Å². The van der Waals surface area contributed by atoms with Crippen molar-refractivity contribution in [3.05, 3.63) is 23.1 Å². The molecule has 22 heavy (non-hydrogen) atoms. The first kappa shape index (κ1) is 15.4. The summed E-state index contributed by atoms with van der Waals surface area (Å²) in [4.78, 5) is 12.8. The van der Waals surface area contributed by atoms with Crippen molar-refractivity contribution >= 4 is 93.5 Å². The minimum atomic E-state index is 0.161. The lowest BCUT2D eigenvalue weighted by Crippen LogP contribution is -2.55. The maximum atomic E-state index is 6.09. The van der Waals surface area contributed by atoms with Crippen molar-refractivity contribution in [2.24, 2.45) is 0 Å². The lowest BCUT2D eigenvalue weighted by Gasteiger charge is -2.21. The molecule has 2 heterocycles. The Kier molecular flexibility index (Phi) is 3.93. The van der Waals surface area contributed by atoms with Crippen LogP contribution < -0.4 is 27.3 Å². The van der Waals surface area contributed by atoms with E-state index >= 15 is 0 Å². The van der Waals surface area contributed by atoms with Crippen LogP contribution in [0, 0.1) is 0 Å². The number of benzene rings is 1. The second-order valence-corrected chi connectivity index (χ2v) is 5.37. The largest absolute Gasteiger partial charge is 0.236 e. The fraction of sp³-hybridized carbons (Fsp3) is 0. The maximum absolute atomic E-state index is 6.09. The zero-order chi connectivity index (χ0) is 16.0. The van der Waals surface area contributed by atoms with Gasteiger partial charge in [0.25, 0.3) is 0 Å². The van der Waals surface area contributed by atoms with Crippen LogP contribution in [0.25, 0.3) is 22.3 Å². The van der Waals surface area contributed by atoms with E-state index in [1.807, 2.05) is 6.07 Å². The second-order valence-electron chi connectivity index (χ2n) is 4.66. The Hall–Kier alpha value is -1.49. The molecule has 2 aromatic heterocycles. The molecular weight excluding hydrogens is 332 g/mol. The molecule has 1 aromatic carbocycles. The fourth-order valence-corrected chi connectivity index (χ4v) is 2.58. The number of pyridine rings is 1. The molecule has 3 aromatic rings. The van der Waals surface area contributed by atoms with Gasteiger partial charge in [0.2, 0.25) is 0 Å². The Morgan fingerprint density at radius 1 is 0.818 bits per heavy atom. The van der Waals surface area contributed by atoms with Gasteiger partial charge in [0.1, 0.15) is 39.2 Å². The quantitative estimate of drug-likeness (QED) is 0.362. The lowest BCUT2D eigenvalue weighted by molar-refractivity contribution is 1.14. The van der Waals surface area contributed by atoms with Crippen molar-refractivity contribution in [3.63, 3.8) is 0 Å². The average Bonchev–Trinajstić information content (AvgIpc) is 2.51.